The molecule has 0 saturated carbocycles. The van der Waals surface area contributed by atoms with Crippen molar-refractivity contribution >= 4 is 37.3 Å². The van der Waals surface area contributed by atoms with Gasteiger partial charge < -0.3 is 14.6 Å². The smallest absolute Gasteiger partial charge is 0.361 e. The Hall–Kier alpha value is -3.35. The fraction of sp³-hybridized carbons (Fsp3) is 0.296. The van der Waals surface area contributed by atoms with Gasteiger partial charge in [-0.25, -0.2) is 17.8 Å². The molecule has 39 heavy (non-hydrogen) atoms. The first kappa shape index (κ1) is 27.2. The number of rotatable bonds is 8. The summed E-state index contributed by atoms with van der Waals surface area (Å²) in [5, 5.41) is 7.98. The zero-order valence-electron chi connectivity index (χ0n) is 20.9. The van der Waals surface area contributed by atoms with Gasteiger partial charge in [0.2, 0.25) is 0 Å². The average Bonchev–Trinajstić information content (AvgIpc) is 3.27. The second kappa shape index (κ2) is 10.3. The van der Waals surface area contributed by atoms with Crippen molar-refractivity contribution in [1.82, 2.24) is 4.98 Å². The zero-order chi connectivity index (χ0) is 27.9. The van der Waals surface area contributed by atoms with Crippen LogP contribution in [0, 0.1) is 11.7 Å². The van der Waals surface area contributed by atoms with Crippen LogP contribution in [-0.2, 0) is 23.1 Å². The van der Waals surface area contributed by atoms with E-state index in [1.807, 2.05) is 11.6 Å². The van der Waals surface area contributed by atoms with Gasteiger partial charge >= 0.3 is 5.25 Å². The Bertz CT molecular complexity index is 1620. The lowest BCUT2D eigenvalue weighted by Gasteiger charge is -2.36. The second-order valence-electron chi connectivity index (χ2n) is 9.46. The summed E-state index contributed by atoms with van der Waals surface area (Å²) in [4.78, 5) is 4.40. The van der Waals surface area contributed by atoms with Gasteiger partial charge in [-0.1, -0.05) is 12.1 Å². The number of fused-ring (bicyclic) bond motifs is 2. The summed E-state index contributed by atoms with van der Waals surface area (Å²) >= 11 is 1.40. The number of aliphatic hydroxyl groups is 1. The second-order valence-corrected chi connectivity index (χ2v) is 12.5. The summed E-state index contributed by atoms with van der Waals surface area (Å²) in [5.41, 5.74) is 1.73. The quantitative estimate of drug-likeness (QED) is 0.265. The molecule has 0 amide bonds. The number of halogens is 3. The van der Waals surface area contributed by atoms with Crippen molar-refractivity contribution in [2.24, 2.45) is 5.92 Å². The third kappa shape index (κ3) is 5.82. The molecule has 0 spiro atoms. The maximum Gasteiger partial charge on any atom is 0.361 e. The first-order valence-electron chi connectivity index (χ1n) is 12.1. The molecule has 0 aliphatic carbocycles. The third-order valence-electron chi connectivity index (χ3n) is 6.50. The number of aliphatic hydroxyl groups excluding tert-OH is 1. The Labute approximate surface area is 227 Å². The lowest BCUT2D eigenvalue weighted by atomic mass is 9.83. The Morgan fingerprint density at radius 2 is 1.95 bits per heavy atom. The van der Waals surface area contributed by atoms with Crippen molar-refractivity contribution < 1.29 is 36.2 Å². The summed E-state index contributed by atoms with van der Waals surface area (Å²) in [6, 6.07) is 15.7. The molecule has 0 bridgehead atoms. The van der Waals surface area contributed by atoms with Crippen molar-refractivity contribution in [2.75, 3.05) is 4.72 Å². The number of thiazole rings is 1. The van der Waals surface area contributed by atoms with Gasteiger partial charge in [0.05, 0.1) is 16.3 Å². The molecule has 7 nitrogen and oxygen atoms in total. The number of hydrogen-bond acceptors (Lipinski definition) is 7. The Morgan fingerprint density at radius 1 is 1.15 bits per heavy atom. The molecule has 12 heteroatoms. The predicted molar refractivity (Wildman–Crippen MR) is 142 cm³/mol. The average molecular weight is 579 g/mol. The van der Waals surface area contributed by atoms with Crippen molar-refractivity contribution in [3.8, 4) is 11.5 Å². The first-order chi connectivity index (χ1) is 18.4. The van der Waals surface area contributed by atoms with E-state index in [0.717, 1.165) is 4.70 Å². The lowest BCUT2D eigenvalue weighted by Crippen LogP contribution is -2.35. The van der Waals surface area contributed by atoms with E-state index in [1.54, 1.807) is 36.4 Å². The first-order valence-corrected chi connectivity index (χ1v) is 14.3. The Balaban J connectivity index is 1.30. The normalized spacial score (nSPS) is 19.4. The van der Waals surface area contributed by atoms with E-state index >= 15 is 0 Å². The molecule has 1 aromatic heterocycles. The van der Waals surface area contributed by atoms with Crippen LogP contribution < -0.4 is 14.2 Å². The number of anilines is 1. The van der Waals surface area contributed by atoms with E-state index in [1.165, 1.54) is 35.6 Å². The van der Waals surface area contributed by atoms with Crippen LogP contribution >= 0.6 is 11.3 Å². The minimum Gasteiger partial charge on any atom is -0.490 e. The highest BCUT2D eigenvalue weighted by Gasteiger charge is 2.40. The van der Waals surface area contributed by atoms with Crippen LogP contribution in [0.3, 0.4) is 0 Å². The van der Waals surface area contributed by atoms with E-state index in [0.29, 0.717) is 46.5 Å². The van der Waals surface area contributed by atoms with Crippen molar-refractivity contribution in [3.63, 3.8) is 0 Å². The highest BCUT2D eigenvalue weighted by Crippen LogP contribution is 2.42. The van der Waals surface area contributed by atoms with Crippen LogP contribution in [0.25, 0.3) is 10.2 Å². The molecule has 0 unspecified atom stereocenters. The molecule has 2 N–H and O–H groups in total. The number of alkyl halides is 2. The number of aromatic nitrogens is 1. The van der Waals surface area contributed by atoms with E-state index in [-0.39, 0.29) is 24.2 Å². The minimum absolute atomic E-state index is 0.00145. The standard InChI is InChI=1S/C27H25F3N2O5S2/c1-15-20(11-16-4-3-5-18(10-16)32-39(34,35)27(2,29)30)26(33)21-13-19(7-8-23(21)37-15)36-14-25-31-22-12-17(28)6-9-24(22)38-25/h3-10,12-13,15,20,26,32-33H,11,14H2,1-2H3/t15-,20-,26-/m1/s1. The zero-order valence-corrected chi connectivity index (χ0v) is 22.5. The number of ether oxygens (including phenoxy) is 2. The van der Waals surface area contributed by atoms with Crippen LogP contribution in [0.15, 0.2) is 60.7 Å². The molecule has 0 radical (unpaired) electrons. The Morgan fingerprint density at radius 3 is 2.72 bits per heavy atom. The fourth-order valence-corrected chi connectivity index (χ4v) is 5.92. The molecule has 3 atom stereocenters. The maximum atomic E-state index is 13.5. The van der Waals surface area contributed by atoms with Crippen LogP contribution in [0.1, 0.15) is 36.1 Å². The van der Waals surface area contributed by atoms with Crippen molar-refractivity contribution in [3.05, 3.63) is 82.6 Å². The minimum atomic E-state index is -4.89. The Kier molecular flexibility index (Phi) is 7.21. The molecule has 0 saturated heterocycles. The number of nitrogens with zero attached hydrogens (tertiary/aromatic N) is 1. The van der Waals surface area contributed by atoms with E-state index < -0.39 is 27.3 Å². The third-order valence-corrected chi connectivity index (χ3v) is 8.96. The predicted octanol–water partition coefficient (Wildman–Crippen LogP) is 6.04. The summed E-state index contributed by atoms with van der Waals surface area (Å²) < 4.78 is 78.7. The maximum absolute atomic E-state index is 13.5. The van der Waals surface area contributed by atoms with Crippen molar-refractivity contribution in [1.29, 1.82) is 0 Å². The van der Waals surface area contributed by atoms with Crippen molar-refractivity contribution in [2.45, 2.75) is 44.3 Å². The summed E-state index contributed by atoms with van der Waals surface area (Å²) in [6.07, 6.45) is -1.02. The van der Waals surface area contributed by atoms with Gasteiger partial charge in [-0.2, -0.15) is 8.78 Å². The molecule has 5 rings (SSSR count). The molecule has 2 heterocycles. The largest absolute Gasteiger partial charge is 0.490 e. The van der Waals surface area contributed by atoms with Gasteiger partial charge in [0.15, 0.2) is 0 Å². The fourth-order valence-electron chi connectivity index (χ4n) is 4.44. The molecule has 0 fully saturated rings. The highest BCUT2D eigenvalue weighted by molar-refractivity contribution is 7.93. The summed E-state index contributed by atoms with van der Waals surface area (Å²) in [5.74, 6) is 0.238. The van der Waals surface area contributed by atoms with E-state index in [9.17, 15) is 26.7 Å². The van der Waals surface area contributed by atoms with Gasteiger partial charge in [-0.3, -0.25) is 4.72 Å². The van der Waals surface area contributed by atoms with Gasteiger partial charge in [-0.05, 0) is 61.4 Å². The molecule has 1 aliphatic heterocycles. The molecule has 4 aromatic rings. The summed E-state index contributed by atoms with van der Waals surface area (Å²) in [7, 11) is -4.89. The van der Waals surface area contributed by atoms with Gasteiger partial charge in [0, 0.05) is 30.2 Å². The molecular formula is C27H25F3N2O5S2. The van der Waals surface area contributed by atoms with Crippen LogP contribution in [0.4, 0.5) is 18.9 Å². The lowest BCUT2D eigenvalue weighted by molar-refractivity contribution is 0.00778. The molecule has 1 aliphatic rings. The molecule has 206 valence electrons. The monoisotopic (exact) mass is 578 g/mol. The number of sulfonamides is 1. The van der Waals surface area contributed by atoms with Gasteiger partial charge in [0.25, 0.3) is 10.0 Å². The van der Waals surface area contributed by atoms with E-state index in [4.69, 9.17) is 9.47 Å². The highest BCUT2D eigenvalue weighted by atomic mass is 32.2. The van der Waals surface area contributed by atoms with Crippen LogP contribution in [0.2, 0.25) is 0 Å². The van der Waals surface area contributed by atoms with Crippen LogP contribution in [0.5, 0.6) is 11.5 Å². The SMILES string of the molecule is C[C@H]1Oc2ccc(OCc3nc4cc(F)ccc4s3)cc2[C@H](O)[C@@H]1Cc1cccc(NS(=O)(=O)C(C)(F)F)c1. The molecular weight excluding hydrogens is 553 g/mol. The topological polar surface area (TPSA) is 97.8 Å². The van der Waals surface area contributed by atoms with Gasteiger partial charge in [-0.15, -0.1) is 11.3 Å². The van der Waals surface area contributed by atoms with E-state index in [2.05, 4.69) is 4.98 Å². The number of hydrogen-bond donors (Lipinski definition) is 2. The number of nitrogens with one attached hydrogen (secondary N) is 1. The summed E-state index contributed by atoms with van der Waals surface area (Å²) in [6.45, 7) is 2.30. The van der Waals surface area contributed by atoms with Gasteiger partial charge in [0.1, 0.15) is 35.0 Å². The molecule has 3 aromatic carbocycles. The van der Waals surface area contributed by atoms with Crippen LogP contribution in [-0.4, -0.2) is 29.9 Å². The number of benzene rings is 3.